The SMILES string of the molecule is CC(O)(C(=O)[O-])c1ccccc1.CC(O)(C(=O)[O-])c1ccccc1.CC(O)(C(=O)[O-])c1ccccc1.O=C([O-])C=Cc1c[nH]cn1.O=C([O-])C=Cc1c[nH]cn1.O=C([O-])C=Cc1c[nH]cn1.[Mo+6]. The fourth-order valence-electron chi connectivity index (χ4n) is 4.19. The number of nitrogens with zero attached hydrogens (tertiary/aromatic N) is 3. The van der Waals surface area contributed by atoms with E-state index in [9.17, 15) is 74.7 Å². The van der Waals surface area contributed by atoms with E-state index in [0.29, 0.717) is 33.8 Å². The number of carboxylic acid groups (broad SMARTS) is 6. The maximum atomic E-state index is 10.5. The quantitative estimate of drug-likeness (QED) is 0.0510. The van der Waals surface area contributed by atoms with Crippen LogP contribution in [-0.4, -0.2) is 81.0 Å². The summed E-state index contributed by atoms with van der Waals surface area (Å²) in [5.41, 5.74) is -3.01. The number of H-pyrrole nitrogens is 3. The number of carbonyl (C=O) groups is 6. The molecule has 0 saturated carbocycles. The number of carbonyl (C=O) groups excluding carboxylic acids is 6. The molecule has 6 N–H and O–H groups in total. The Labute approximate surface area is 396 Å². The van der Waals surface area contributed by atoms with E-state index < -0.39 is 52.6 Å². The zero-order valence-corrected chi connectivity index (χ0v) is 37.6. The normalized spacial score (nSPS) is 12.8. The third-order valence-electron chi connectivity index (χ3n) is 7.93. The van der Waals surface area contributed by atoms with Crippen LogP contribution in [0.25, 0.3) is 18.2 Å². The van der Waals surface area contributed by atoms with Crippen molar-refractivity contribution in [2.45, 2.75) is 37.6 Å². The molecule has 0 aliphatic rings. The number of benzene rings is 3. The molecule has 348 valence electrons. The van der Waals surface area contributed by atoms with E-state index in [0.717, 1.165) is 18.2 Å². The van der Waals surface area contributed by atoms with Crippen LogP contribution in [0.2, 0.25) is 0 Å². The van der Waals surface area contributed by atoms with E-state index in [4.69, 9.17) is 0 Å². The zero-order valence-electron chi connectivity index (χ0n) is 35.6. The van der Waals surface area contributed by atoms with E-state index in [1.807, 2.05) is 0 Å². The van der Waals surface area contributed by atoms with Crippen LogP contribution in [-0.2, 0) is 66.6 Å². The van der Waals surface area contributed by atoms with Gasteiger partial charge in [-0.05, 0) is 73.9 Å². The second-order valence-corrected chi connectivity index (χ2v) is 13.1. The summed E-state index contributed by atoms with van der Waals surface area (Å²) >= 11 is 0. The summed E-state index contributed by atoms with van der Waals surface area (Å²) in [5.74, 6) is -8.13. The number of hydrogen-bond donors (Lipinski definition) is 6. The summed E-state index contributed by atoms with van der Waals surface area (Å²) in [5, 5.41) is 89.2. The van der Waals surface area contributed by atoms with Crippen LogP contribution < -0.4 is 30.6 Å². The number of carboxylic acids is 6. The van der Waals surface area contributed by atoms with Gasteiger partial charge in [-0.2, -0.15) is 0 Å². The average molecular weight is 1000 g/mol. The van der Waals surface area contributed by atoms with E-state index >= 15 is 0 Å². The van der Waals surface area contributed by atoms with Gasteiger partial charge in [-0.15, -0.1) is 0 Å². The molecule has 0 bridgehead atoms. The molecule has 6 rings (SSSR count). The van der Waals surface area contributed by atoms with Gasteiger partial charge in [0, 0.05) is 18.6 Å². The molecule has 21 nitrogen and oxygen atoms in total. The van der Waals surface area contributed by atoms with Gasteiger partial charge in [0.25, 0.3) is 0 Å². The molecular weight excluding hydrogens is 960 g/mol. The second-order valence-electron chi connectivity index (χ2n) is 13.1. The Morgan fingerprint density at radius 2 is 0.642 bits per heavy atom. The molecule has 3 aromatic carbocycles. The van der Waals surface area contributed by atoms with Gasteiger partial charge in [0.15, 0.2) is 0 Å². The minimum atomic E-state index is -1.90. The molecule has 3 atom stereocenters. The molecule has 0 radical (unpaired) electrons. The van der Waals surface area contributed by atoms with Crippen LogP contribution in [0.15, 0.2) is 147 Å². The number of aromatic nitrogens is 6. The van der Waals surface area contributed by atoms with Crippen LogP contribution in [0.4, 0.5) is 0 Å². The van der Waals surface area contributed by atoms with Crippen LogP contribution in [0.3, 0.4) is 0 Å². The molecule has 0 saturated heterocycles. The Bertz CT molecular complexity index is 2180. The second kappa shape index (κ2) is 30.1. The predicted molar refractivity (Wildman–Crippen MR) is 221 cm³/mol. The molecule has 3 aromatic heterocycles. The first-order valence-corrected chi connectivity index (χ1v) is 18.6. The Morgan fingerprint density at radius 3 is 0.791 bits per heavy atom. The monoisotopic (exact) mass is 1000 g/mol. The van der Waals surface area contributed by atoms with Gasteiger partial charge in [0.1, 0.15) is 16.8 Å². The molecule has 0 aliphatic heterocycles. The largest absolute Gasteiger partial charge is 6.00 e. The van der Waals surface area contributed by atoms with Gasteiger partial charge in [0.05, 0.1) is 71.9 Å². The molecule has 22 heteroatoms. The summed E-state index contributed by atoms with van der Waals surface area (Å²) in [6, 6.07) is 24.4. The third kappa shape index (κ3) is 23.4. The van der Waals surface area contributed by atoms with E-state index in [-0.39, 0.29) is 21.1 Å². The number of aliphatic hydroxyl groups is 3. The van der Waals surface area contributed by atoms with Crippen molar-refractivity contribution in [3.8, 4) is 0 Å². The van der Waals surface area contributed by atoms with Crippen LogP contribution >= 0.6 is 0 Å². The number of hydrogen-bond acceptors (Lipinski definition) is 18. The summed E-state index contributed by atoms with van der Waals surface area (Å²) in [4.78, 5) is 80.3. The first kappa shape index (κ1) is 58.9. The van der Waals surface area contributed by atoms with Crippen molar-refractivity contribution in [3.05, 3.63) is 181 Å². The summed E-state index contributed by atoms with van der Waals surface area (Å²) in [6.07, 6.45) is 16.0. The van der Waals surface area contributed by atoms with Crippen LogP contribution in [0.5, 0.6) is 0 Å². The van der Waals surface area contributed by atoms with Crippen LogP contribution in [0.1, 0.15) is 54.5 Å². The fourth-order valence-corrected chi connectivity index (χ4v) is 4.19. The number of aromatic amines is 3. The first-order chi connectivity index (χ1) is 31.0. The molecule has 3 heterocycles. The number of nitrogens with one attached hydrogen (secondary N) is 3. The van der Waals surface area contributed by atoms with E-state index in [1.54, 1.807) is 73.2 Å². The van der Waals surface area contributed by atoms with Gasteiger partial charge in [-0.25, -0.2) is 15.0 Å². The molecule has 0 amide bonds. The first-order valence-electron chi connectivity index (χ1n) is 18.6. The minimum Gasteiger partial charge on any atom is -0.547 e. The Morgan fingerprint density at radius 1 is 0.433 bits per heavy atom. The molecule has 0 fully saturated rings. The summed E-state index contributed by atoms with van der Waals surface area (Å²) in [6.45, 7) is 3.58. The number of imidazole rings is 3. The van der Waals surface area contributed by atoms with Crippen molar-refractivity contribution in [1.82, 2.24) is 29.9 Å². The van der Waals surface area contributed by atoms with Gasteiger partial charge in [0.2, 0.25) is 0 Å². The van der Waals surface area contributed by atoms with Crippen molar-refractivity contribution in [2.24, 2.45) is 0 Å². The topological polar surface area (TPSA) is 388 Å². The van der Waals surface area contributed by atoms with Gasteiger partial charge in [-0.1, -0.05) is 91.0 Å². The molecule has 0 spiro atoms. The standard InChI is InChI=1S/3C9H10O3.3C6H6N2O2.Mo/c3*1-9(12,8(10)11)7-5-3-2-4-6-7;3*9-6(10)2-1-5-3-7-4-8-5;/h3*2-6,12H,1H3,(H,10,11);3*1-4H,(H,7,8)(H,9,10);/q;;;;;;+6/p-6. The maximum Gasteiger partial charge on any atom is 6.00 e. The average Bonchev–Trinajstić information content (AvgIpc) is 4.12. The van der Waals surface area contributed by atoms with Crippen molar-refractivity contribution in [1.29, 1.82) is 0 Å². The Kier molecular flexibility index (Phi) is 26.5. The van der Waals surface area contributed by atoms with Crippen LogP contribution in [0, 0.1) is 0 Å². The van der Waals surface area contributed by atoms with Crippen molar-refractivity contribution >= 4 is 54.0 Å². The van der Waals surface area contributed by atoms with Crippen molar-refractivity contribution in [2.75, 3.05) is 0 Å². The Balaban J connectivity index is 0.000000779. The third-order valence-corrected chi connectivity index (χ3v) is 7.93. The van der Waals surface area contributed by atoms with E-state index in [2.05, 4.69) is 29.9 Å². The fraction of sp³-hybridized carbons (Fsp3) is 0.133. The van der Waals surface area contributed by atoms with Gasteiger partial charge < -0.3 is 89.7 Å². The smallest absolute Gasteiger partial charge is 0.547 e. The summed E-state index contributed by atoms with van der Waals surface area (Å²) < 4.78 is 0. The summed E-state index contributed by atoms with van der Waals surface area (Å²) in [7, 11) is 0. The molecule has 67 heavy (non-hydrogen) atoms. The predicted octanol–water partition coefficient (Wildman–Crippen LogP) is -3.55. The minimum absolute atomic E-state index is 0. The molecule has 3 unspecified atom stereocenters. The molecular formula is C45H42MoN6O15. The van der Waals surface area contributed by atoms with Crippen molar-refractivity contribution in [3.63, 3.8) is 0 Å². The molecule has 0 aliphatic carbocycles. The number of rotatable bonds is 12. The molecule has 6 aromatic rings. The number of aliphatic carboxylic acids is 6. The van der Waals surface area contributed by atoms with E-state index in [1.165, 1.54) is 94.4 Å². The van der Waals surface area contributed by atoms with Crippen molar-refractivity contribution < 1.29 is 95.8 Å². The zero-order chi connectivity index (χ0) is 49.8. The maximum absolute atomic E-state index is 10.5. The Hall–Kier alpha value is -8.10. The van der Waals surface area contributed by atoms with Gasteiger partial charge in [-0.3, -0.25) is 0 Å². The van der Waals surface area contributed by atoms with Gasteiger partial charge >= 0.3 is 21.1 Å².